The summed E-state index contributed by atoms with van der Waals surface area (Å²) in [5.74, 6) is -0.349. The Morgan fingerprint density at radius 1 is 1.71 bits per heavy atom. The zero-order valence-electron chi connectivity index (χ0n) is 8.14. The highest BCUT2D eigenvalue weighted by Crippen LogP contribution is 2.06. The molecule has 0 aliphatic heterocycles. The van der Waals surface area contributed by atoms with Crippen LogP contribution >= 0.6 is 0 Å². The Balaban J connectivity index is 2.57. The molecule has 78 valence electrons. The van der Waals surface area contributed by atoms with Crippen LogP contribution in [0, 0.1) is 0 Å². The van der Waals surface area contributed by atoms with E-state index in [-0.39, 0.29) is 12.5 Å². The molecule has 0 saturated heterocycles. The van der Waals surface area contributed by atoms with Gasteiger partial charge in [0.15, 0.2) is 0 Å². The van der Waals surface area contributed by atoms with Gasteiger partial charge in [-0.3, -0.25) is 4.79 Å². The fourth-order valence-electron chi connectivity index (χ4n) is 1.04. The number of aliphatic carboxylic acids is 1. The molecule has 0 spiro atoms. The van der Waals surface area contributed by atoms with Crippen LogP contribution in [0.25, 0.3) is 0 Å². The van der Waals surface area contributed by atoms with Crippen LogP contribution in [0.5, 0.6) is 0 Å². The minimum absolute atomic E-state index is 0.0589. The van der Waals surface area contributed by atoms with Gasteiger partial charge in [-0.1, -0.05) is 12.0 Å². The van der Waals surface area contributed by atoms with Crippen LogP contribution < -0.4 is 5.32 Å². The lowest BCUT2D eigenvalue weighted by molar-refractivity contribution is -0.137. The van der Waals surface area contributed by atoms with Crippen LogP contribution in [0.3, 0.4) is 0 Å². The molecule has 0 radical (unpaired) electrons. The third kappa shape index (κ3) is 2.68. The highest BCUT2D eigenvalue weighted by atomic mass is 16.4. The van der Waals surface area contributed by atoms with Crippen LogP contribution in [-0.4, -0.2) is 37.3 Å². The SMILES string of the molecule is CCC(CC(=O)O)Nc1nnnn1C. The summed E-state index contributed by atoms with van der Waals surface area (Å²) in [5, 5.41) is 22.3. The molecule has 7 heteroatoms. The van der Waals surface area contributed by atoms with Crippen molar-refractivity contribution < 1.29 is 9.90 Å². The standard InChI is InChI=1S/C7H13N5O2/c1-3-5(4-6(13)14)8-7-9-10-11-12(7)2/h5H,3-4H2,1-2H3,(H,13,14)(H,8,9,11). The lowest BCUT2D eigenvalue weighted by atomic mass is 10.1. The number of carboxylic acid groups (broad SMARTS) is 1. The zero-order valence-corrected chi connectivity index (χ0v) is 8.14. The molecule has 7 nitrogen and oxygen atoms in total. The van der Waals surface area contributed by atoms with Crippen LogP contribution in [0.1, 0.15) is 19.8 Å². The van der Waals surface area contributed by atoms with E-state index in [2.05, 4.69) is 20.8 Å². The molecule has 0 amide bonds. The molecule has 0 bridgehead atoms. The van der Waals surface area contributed by atoms with Gasteiger partial charge in [0.25, 0.3) is 0 Å². The average molecular weight is 199 g/mol. The molecular weight excluding hydrogens is 186 g/mol. The number of anilines is 1. The van der Waals surface area contributed by atoms with Gasteiger partial charge in [0, 0.05) is 13.1 Å². The number of carbonyl (C=O) groups is 1. The molecule has 0 aromatic carbocycles. The van der Waals surface area contributed by atoms with Crippen molar-refractivity contribution in [3.63, 3.8) is 0 Å². The van der Waals surface area contributed by atoms with Gasteiger partial charge in [-0.25, -0.2) is 4.68 Å². The van der Waals surface area contributed by atoms with Crippen molar-refractivity contribution in [2.75, 3.05) is 5.32 Å². The first-order chi connectivity index (χ1) is 6.63. The molecule has 1 atom stereocenters. The lowest BCUT2D eigenvalue weighted by Crippen LogP contribution is -2.24. The fourth-order valence-corrected chi connectivity index (χ4v) is 1.04. The van der Waals surface area contributed by atoms with Gasteiger partial charge in [-0.15, -0.1) is 0 Å². The highest BCUT2D eigenvalue weighted by molar-refractivity contribution is 5.68. The number of rotatable bonds is 5. The number of aromatic nitrogens is 4. The van der Waals surface area contributed by atoms with E-state index in [0.29, 0.717) is 12.4 Å². The van der Waals surface area contributed by atoms with E-state index in [1.54, 1.807) is 7.05 Å². The summed E-state index contributed by atoms with van der Waals surface area (Å²) in [6.07, 6.45) is 0.766. The number of aryl methyl sites for hydroxylation is 1. The monoisotopic (exact) mass is 199 g/mol. The Kier molecular flexibility index (Phi) is 3.38. The fraction of sp³-hybridized carbons (Fsp3) is 0.714. The quantitative estimate of drug-likeness (QED) is 0.686. The van der Waals surface area contributed by atoms with E-state index < -0.39 is 5.97 Å². The summed E-state index contributed by atoms with van der Waals surface area (Å²) in [6, 6.07) is -0.141. The molecule has 0 saturated carbocycles. The molecule has 1 unspecified atom stereocenters. The van der Waals surface area contributed by atoms with Gasteiger partial charge in [-0.2, -0.15) is 0 Å². The van der Waals surface area contributed by atoms with E-state index in [1.807, 2.05) is 6.92 Å². The van der Waals surface area contributed by atoms with Crippen LogP contribution in [0.4, 0.5) is 5.95 Å². The highest BCUT2D eigenvalue weighted by Gasteiger charge is 2.13. The van der Waals surface area contributed by atoms with E-state index >= 15 is 0 Å². The van der Waals surface area contributed by atoms with Crippen molar-refractivity contribution in [3.8, 4) is 0 Å². The van der Waals surface area contributed by atoms with Crippen molar-refractivity contribution in [2.45, 2.75) is 25.8 Å². The zero-order chi connectivity index (χ0) is 10.6. The van der Waals surface area contributed by atoms with Crippen molar-refractivity contribution in [3.05, 3.63) is 0 Å². The minimum Gasteiger partial charge on any atom is -0.481 e. The topological polar surface area (TPSA) is 92.9 Å². The largest absolute Gasteiger partial charge is 0.481 e. The third-order valence-corrected chi connectivity index (χ3v) is 1.87. The van der Waals surface area contributed by atoms with Crippen LogP contribution in [0.2, 0.25) is 0 Å². The number of hydrogen-bond donors (Lipinski definition) is 2. The van der Waals surface area contributed by atoms with E-state index in [1.165, 1.54) is 4.68 Å². The van der Waals surface area contributed by atoms with Gasteiger partial charge in [0.1, 0.15) is 0 Å². The van der Waals surface area contributed by atoms with Crippen molar-refractivity contribution >= 4 is 11.9 Å². The van der Waals surface area contributed by atoms with Gasteiger partial charge in [0.2, 0.25) is 5.95 Å². The number of tetrazole rings is 1. The molecule has 1 aromatic rings. The normalized spacial score (nSPS) is 12.4. The molecule has 0 fully saturated rings. The van der Waals surface area contributed by atoms with E-state index in [0.717, 1.165) is 0 Å². The van der Waals surface area contributed by atoms with E-state index in [4.69, 9.17) is 5.11 Å². The molecule has 1 aromatic heterocycles. The smallest absolute Gasteiger partial charge is 0.305 e. The molecule has 0 aliphatic rings. The molecule has 2 N–H and O–H groups in total. The molecular formula is C7H13N5O2. The van der Waals surface area contributed by atoms with Crippen molar-refractivity contribution in [1.29, 1.82) is 0 Å². The predicted octanol–water partition coefficient (Wildman–Crippen LogP) is -0.125. The van der Waals surface area contributed by atoms with Gasteiger partial charge in [-0.05, 0) is 16.8 Å². The first kappa shape index (κ1) is 10.4. The molecule has 0 aliphatic carbocycles. The Bertz CT molecular complexity index is 311. The first-order valence-electron chi connectivity index (χ1n) is 4.34. The van der Waals surface area contributed by atoms with Gasteiger partial charge >= 0.3 is 5.97 Å². The maximum absolute atomic E-state index is 10.5. The van der Waals surface area contributed by atoms with Crippen LogP contribution in [0.15, 0.2) is 0 Å². The third-order valence-electron chi connectivity index (χ3n) is 1.87. The maximum Gasteiger partial charge on any atom is 0.305 e. The molecule has 14 heavy (non-hydrogen) atoms. The first-order valence-corrected chi connectivity index (χ1v) is 4.34. The average Bonchev–Trinajstić information content (AvgIpc) is 2.50. The van der Waals surface area contributed by atoms with Crippen molar-refractivity contribution in [1.82, 2.24) is 20.2 Å². The van der Waals surface area contributed by atoms with Crippen molar-refractivity contribution in [2.24, 2.45) is 7.05 Å². The summed E-state index contributed by atoms with van der Waals surface area (Å²) in [4.78, 5) is 10.5. The minimum atomic E-state index is -0.834. The second-order valence-electron chi connectivity index (χ2n) is 2.97. The second kappa shape index (κ2) is 4.54. The Morgan fingerprint density at radius 3 is 2.86 bits per heavy atom. The molecule has 1 heterocycles. The van der Waals surface area contributed by atoms with Gasteiger partial charge < -0.3 is 10.4 Å². The summed E-state index contributed by atoms with van der Waals surface area (Å²) >= 11 is 0. The second-order valence-corrected chi connectivity index (χ2v) is 2.97. The Hall–Kier alpha value is -1.66. The number of nitrogens with zero attached hydrogens (tertiary/aromatic N) is 4. The number of carboxylic acids is 1. The maximum atomic E-state index is 10.5. The molecule has 1 rings (SSSR count). The Labute approximate surface area is 81.1 Å². The number of hydrogen-bond acceptors (Lipinski definition) is 5. The summed E-state index contributed by atoms with van der Waals surface area (Å²) < 4.78 is 1.46. The van der Waals surface area contributed by atoms with Crippen LogP contribution in [-0.2, 0) is 11.8 Å². The Morgan fingerprint density at radius 2 is 2.43 bits per heavy atom. The summed E-state index contributed by atoms with van der Waals surface area (Å²) in [6.45, 7) is 1.91. The summed E-state index contributed by atoms with van der Waals surface area (Å²) in [7, 11) is 1.69. The van der Waals surface area contributed by atoms with Gasteiger partial charge in [0.05, 0.1) is 6.42 Å². The van der Waals surface area contributed by atoms with E-state index in [9.17, 15) is 4.79 Å². The number of nitrogens with one attached hydrogen (secondary N) is 1. The lowest BCUT2D eigenvalue weighted by Gasteiger charge is -2.13. The predicted molar refractivity (Wildman–Crippen MR) is 48.8 cm³/mol. The summed E-state index contributed by atoms with van der Waals surface area (Å²) in [5.41, 5.74) is 0.